The molecule has 1 aliphatic rings. The molecule has 0 saturated carbocycles. The second-order valence-corrected chi connectivity index (χ2v) is 6.44. The SMILES string of the molecule is CCC1CN(Cc2nc(-c3cccs3)no2)C(CC)CN1. The van der Waals surface area contributed by atoms with Gasteiger partial charge in [0.15, 0.2) is 0 Å². The van der Waals surface area contributed by atoms with Gasteiger partial charge in [-0.2, -0.15) is 4.98 Å². The average Bonchev–Trinajstić information content (AvgIpc) is 3.18. The standard InChI is InChI=1S/C15H22N4OS/c1-3-11-9-19(12(4-2)8-16-11)10-14-17-15(18-20-14)13-6-5-7-21-13/h5-7,11-12,16H,3-4,8-10H2,1-2H3. The van der Waals surface area contributed by atoms with Crippen LogP contribution in [0.25, 0.3) is 10.7 Å². The second kappa shape index (κ2) is 6.68. The van der Waals surface area contributed by atoms with Gasteiger partial charge in [-0.3, -0.25) is 4.90 Å². The van der Waals surface area contributed by atoms with E-state index in [1.807, 2.05) is 17.5 Å². The van der Waals surface area contributed by atoms with Crippen molar-refractivity contribution >= 4 is 11.3 Å². The highest BCUT2D eigenvalue weighted by molar-refractivity contribution is 7.13. The summed E-state index contributed by atoms with van der Waals surface area (Å²) in [4.78, 5) is 8.06. The Balaban J connectivity index is 1.69. The summed E-state index contributed by atoms with van der Waals surface area (Å²) in [6, 6.07) is 5.13. The Kier molecular flexibility index (Phi) is 4.67. The van der Waals surface area contributed by atoms with E-state index in [4.69, 9.17) is 4.52 Å². The minimum absolute atomic E-state index is 0.546. The number of nitrogens with one attached hydrogen (secondary N) is 1. The fourth-order valence-corrected chi connectivity index (χ4v) is 3.45. The molecule has 114 valence electrons. The van der Waals surface area contributed by atoms with Gasteiger partial charge in [0.1, 0.15) is 0 Å². The van der Waals surface area contributed by atoms with Crippen LogP contribution in [0.3, 0.4) is 0 Å². The van der Waals surface area contributed by atoms with Gasteiger partial charge in [-0.25, -0.2) is 0 Å². The predicted octanol–water partition coefficient (Wildman–Crippen LogP) is 2.76. The predicted molar refractivity (Wildman–Crippen MR) is 84.2 cm³/mol. The fraction of sp³-hybridized carbons (Fsp3) is 0.600. The van der Waals surface area contributed by atoms with Crippen LogP contribution in [0.15, 0.2) is 22.0 Å². The monoisotopic (exact) mass is 306 g/mol. The summed E-state index contributed by atoms with van der Waals surface area (Å²) in [5.41, 5.74) is 0. The molecule has 2 aromatic heterocycles. The van der Waals surface area contributed by atoms with Crippen molar-refractivity contribution in [2.45, 2.75) is 45.3 Å². The molecule has 2 aromatic rings. The highest BCUT2D eigenvalue weighted by Gasteiger charge is 2.27. The minimum atomic E-state index is 0.546. The first-order valence-electron chi connectivity index (χ1n) is 7.64. The summed E-state index contributed by atoms with van der Waals surface area (Å²) in [7, 11) is 0. The first kappa shape index (κ1) is 14.7. The van der Waals surface area contributed by atoms with Gasteiger partial charge < -0.3 is 9.84 Å². The molecule has 2 unspecified atom stereocenters. The van der Waals surface area contributed by atoms with E-state index in [0.29, 0.717) is 23.8 Å². The van der Waals surface area contributed by atoms with Gasteiger partial charge in [0.05, 0.1) is 11.4 Å². The molecule has 0 spiro atoms. The van der Waals surface area contributed by atoms with Gasteiger partial charge in [-0.15, -0.1) is 11.3 Å². The molecule has 1 N–H and O–H groups in total. The summed E-state index contributed by atoms with van der Waals surface area (Å²) in [6.07, 6.45) is 2.28. The summed E-state index contributed by atoms with van der Waals surface area (Å²) in [5.74, 6) is 1.42. The molecule has 5 nitrogen and oxygen atoms in total. The number of nitrogens with zero attached hydrogens (tertiary/aromatic N) is 3. The lowest BCUT2D eigenvalue weighted by Gasteiger charge is -2.39. The average molecular weight is 306 g/mol. The number of hydrogen-bond acceptors (Lipinski definition) is 6. The molecular formula is C15H22N4OS. The second-order valence-electron chi connectivity index (χ2n) is 5.49. The van der Waals surface area contributed by atoms with Gasteiger partial charge in [-0.1, -0.05) is 25.1 Å². The maximum Gasteiger partial charge on any atom is 0.241 e. The zero-order valence-electron chi connectivity index (χ0n) is 12.6. The van der Waals surface area contributed by atoms with Crippen molar-refractivity contribution in [2.75, 3.05) is 13.1 Å². The van der Waals surface area contributed by atoms with Crippen LogP contribution in [0.1, 0.15) is 32.6 Å². The van der Waals surface area contributed by atoms with E-state index in [2.05, 4.69) is 34.2 Å². The Hall–Kier alpha value is -1.24. The molecule has 6 heteroatoms. The Bertz CT molecular complexity index is 554. The van der Waals surface area contributed by atoms with E-state index in [-0.39, 0.29) is 0 Å². The van der Waals surface area contributed by atoms with Crippen molar-refractivity contribution < 1.29 is 4.52 Å². The molecule has 3 rings (SSSR count). The van der Waals surface area contributed by atoms with E-state index in [1.54, 1.807) is 11.3 Å². The normalized spacial score (nSPS) is 23.5. The molecule has 3 heterocycles. The molecule has 2 atom stereocenters. The van der Waals surface area contributed by atoms with Crippen molar-refractivity contribution in [1.82, 2.24) is 20.4 Å². The Morgan fingerprint density at radius 2 is 2.33 bits per heavy atom. The zero-order chi connectivity index (χ0) is 14.7. The van der Waals surface area contributed by atoms with Gasteiger partial charge >= 0.3 is 0 Å². The molecular weight excluding hydrogens is 284 g/mol. The molecule has 0 amide bonds. The zero-order valence-corrected chi connectivity index (χ0v) is 13.4. The first-order valence-corrected chi connectivity index (χ1v) is 8.52. The van der Waals surface area contributed by atoms with Gasteiger partial charge in [0.25, 0.3) is 0 Å². The molecule has 21 heavy (non-hydrogen) atoms. The summed E-state index contributed by atoms with van der Waals surface area (Å²) in [6.45, 7) is 7.29. The highest BCUT2D eigenvalue weighted by Crippen LogP contribution is 2.22. The van der Waals surface area contributed by atoms with Crippen LogP contribution in [0.2, 0.25) is 0 Å². The lowest BCUT2D eigenvalue weighted by atomic mass is 10.1. The molecule has 0 radical (unpaired) electrons. The maximum absolute atomic E-state index is 5.44. The van der Waals surface area contributed by atoms with Crippen LogP contribution < -0.4 is 5.32 Å². The van der Waals surface area contributed by atoms with Gasteiger partial charge in [0.2, 0.25) is 11.7 Å². The Morgan fingerprint density at radius 1 is 1.43 bits per heavy atom. The number of thiophene rings is 1. The van der Waals surface area contributed by atoms with Crippen LogP contribution in [0.5, 0.6) is 0 Å². The van der Waals surface area contributed by atoms with Gasteiger partial charge in [0, 0.05) is 25.2 Å². The third-order valence-electron chi connectivity index (χ3n) is 4.13. The smallest absolute Gasteiger partial charge is 0.241 e. The van der Waals surface area contributed by atoms with Crippen molar-refractivity contribution in [3.63, 3.8) is 0 Å². The largest absolute Gasteiger partial charge is 0.338 e. The van der Waals surface area contributed by atoms with E-state index in [9.17, 15) is 0 Å². The van der Waals surface area contributed by atoms with Crippen molar-refractivity contribution in [2.24, 2.45) is 0 Å². The number of aromatic nitrogens is 2. The lowest BCUT2D eigenvalue weighted by molar-refractivity contribution is 0.104. The van der Waals surface area contributed by atoms with Gasteiger partial charge in [-0.05, 0) is 24.3 Å². The van der Waals surface area contributed by atoms with E-state index in [1.165, 1.54) is 0 Å². The molecule has 0 bridgehead atoms. The minimum Gasteiger partial charge on any atom is -0.338 e. The van der Waals surface area contributed by atoms with E-state index >= 15 is 0 Å². The van der Waals surface area contributed by atoms with Crippen molar-refractivity contribution in [3.8, 4) is 10.7 Å². The topological polar surface area (TPSA) is 54.2 Å². The molecule has 1 fully saturated rings. The van der Waals surface area contributed by atoms with Crippen molar-refractivity contribution in [1.29, 1.82) is 0 Å². The number of rotatable bonds is 5. The number of piperazine rings is 1. The quantitative estimate of drug-likeness (QED) is 0.920. The highest BCUT2D eigenvalue weighted by atomic mass is 32.1. The van der Waals surface area contributed by atoms with Crippen LogP contribution >= 0.6 is 11.3 Å². The summed E-state index contributed by atoms with van der Waals surface area (Å²) >= 11 is 1.64. The number of hydrogen-bond donors (Lipinski definition) is 1. The lowest BCUT2D eigenvalue weighted by Crippen LogP contribution is -2.55. The van der Waals surface area contributed by atoms with Crippen LogP contribution in [0, 0.1) is 0 Å². The third-order valence-corrected chi connectivity index (χ3v) is 4.99. The van der Waals surface area contributed by atoms with E-state index in [0.717, 1.165) is 37.4 Å². The summed E-state index contributed by atoms with van der Waals surface area (Å²) < 4.78 is 5.44. The first-order chi connectivity index (χ1) is 10.3. The Labute approximate surface area is 129 Å². The summed E-state index contributed by atoms with van der Waals surface area (Å²) in [5, 5.41) is 9.73. The maximum atomic E-state index is 5.44. The van der Waals surface area contributed by atoms with Crippen LogP contribution in [-0.4, -0.2) is 40.2 Å². The van der Waals surface area contributed by atoms with Crippen LogP contribution in [0.4, 0.5) is 0 Å². The molecule has 1 aliphatic heterocycles. The van der Waals surface area contributed by atoms with Crippen molar-refractivity contribution in [3.05, 3.63) is 23.4 Å². The molecule has 0 aliphatic carbocycles. The Morgan fingerprint density at radius 3 is 3.05 bits per heavy atom. The molecule has 0 aromatic carbocycles. The fourth-order valence-electron chi connectivity index (χ4n) is 2.80. The van der Waals surface area contributed by atoms with Crippen LogP contribution in [-0.2, 0) is 6.54 Å². The molecule has 1 saturated heterocycles. The van der Waals surface area contributed by atoms with E-state index < -0.39 is 0 Å². The third kappa shape index (κ3) is 3.33.